The minimum absolute atomic E-state index is 0.819. The summed E-state index contributed by atoms with van der Waals surface area (Å²) in [5.41, 5.74) is 0. The lowest BCUT2D eigenvalue weighted by atomic mass is 10.0. The first-order valence-electron chi connectivity index (χ1n) is 3.47. The Bertz CT molecular complexity index is 58.4. The van der Waals surface area contributed by atoms with Gasteiger partial charge >= 0.3 is 0 Å². The van der Waals surface area contributed by atoms with E-state index in [0.717, 1.165) is 5.92 Å². The Morgan fingerprint density at radius 1 is 1.25 bits per heavy atom. The standard InChI is InChI=1S/C8H16/c1-4-7-8(5-2)6-3/h4,7-8H,5-6H2,1-3H3/b7-4-. The molecule has 0 saturated heterocycles. The molecule has 0 aromatic heterocycles. The second-order valence-electron chi connectivity index (χ2n) is 2.10. The molecule has 0 N–H and O–H groups in total. The minimum Gasteiger partial charge on any atom is -0.0914 e. The summed E-state index contributed by atoms with van der Waals surface area (Å²) in [6.45, 7) is 6.54. The van der Waals surface area contributed by atoms with Crippen LogP contribution in [0.5, 0.6) is 0 Å². The molecule has 0 aromatic rings. The van der Waals surface area contributed by atoms with Crippen molar-refractivity contribution in [2.45, 2.75) is 33.6 Å². The van der Waals surface area contributed by atoms with Crippen LogP contribution in [-0.4, -0.2) is 0 Å². The summed E-state index contributed by atoms with van der Waals surface area (Å²) in [7, 11) is 0. The van der Waals surface area contributed by atoms with Gasteiger partial charge in [-0.25, -0.2) is 0 Å². The van der Waals surface area contributed by atoms with Gasteiger partial charge < -0.3 is 0 Å². The SMILES string of the molecule is C/C=C\C(CC)CC. The zero-order valence-electron chi connectivity index (χ0n) is 6.15. The lowest BCUT2D eigenvalue weighted by Gasteiger charge is -2.02. The number of allylic oxidation sites excluding steroid dienone is 2. The topological polar surface area (TPSA) is 0 Å². The fourth-order valence-electron chi connectivity index (χ4n) is 0.833. The van der Waals surface area contributed by atoms with Crippen molar-refractivity contribution in [3.63, 3.8) is 0 Å². The molecule has 0 radical (unpaired) electrons. The third-order valence-electron chi connectivity index (χ3n) is 1.51. The van der Waals surface area contributed by atoms with Crippen molar-refractivity contribution in [2.75, 3.05) is 0 Å². The van der Waals surface area contributed by atoms with Gasteiger partial charge in [0.1, 0.15) is 0 Å². The molecule has 0 heterocycles. The van der Waals surface area contributed by atoms with Crippen LogP contribution in [0.1, 0.15) is 33.6 Å². The highest BCUT2D eigenvalue weighted by molar-refractivity contribution is 4.83. The van der Waals surface area contributed by atoms with Crippen molar-refractivity contribution in [1.29, 1.82) is 0 Å². The van der Waals surface area contributed by atoms with Gasteiger partial charge in [0, 0.05) is 0 Å². The van der Waals surface area contributed by atoms with E-state index >= 15 is 0 Å². The molecule has 0 rings (SSSR count). The molecule has 0 unspecified atom stereocenters. The third kappa shape index (κ3) is 2.84. The quantitative estimate of drug-likeness (QED) is 0.492. The second kappa shape index (κ2) is 4.89. The Morgan fingerprint density at radius 2 is 1.75 bits per heavy atom. The van der Waals surface area contributed by atoms with Crippen LogP contribution in [0.2, 0.25) is 0 Å². The molecule has 0 amide bonds. The minimum atomic E-state index is 0.819. The van der Waals surface area contributed by atoms with Gasteiger partial charge in [-0.3, -0.25) is 0 Å². The van der Waals surface area contributed by atoms with Crippen LogP contribution >= 0.6 is 0 Å². The van der Waals surface area contributed by atoms with Crippen LogP contribution in [0.3, 0.4) is 0 Å². The number of hydrogen-bond acceptors (Lipinski definition) is 0. The van der Waals surface area contributed by atoms with E-state index in [1.807, 2.05) is 0 Å². The van der Waals surface area contributed by atoms with Gasteiger partial charge in [-0.1, -0.05) is 26.0 Å². The first kappa shape index (κ1) is 7.74. The van der Waals surface area contributed by atoms with E-state index in [9.17, 15) is 0 Å². The molecule has 0 bridgehead atoms. The molecule has 0 spiro atoms. The van der Waals surface area contributed by atoms with E-state index < -0.39 is 0 Å². The highest BCUT2D eigenvalue weighted by Crippen LogP contribution is 2.07. The van der Waals surface area contributed by atoms with Gasteiger partial charge in [-0.15, -0.1) is 0 Å². The maximum absolute atomic E-state index is 2.28. The van der Waals surface area contributed by atoms with Crippen molar-refractivity contribution < 1.29 is 0 Å². The lowest BCUT2D eigenvalue weighted by molar-refractivity contribution is 0.605. The van der Waals surface area contributed by atoms with Gasteiger partial charge in [-0.05, 0) is 25.7 Å². The van der Waals surface area contributed by atoms with Crippen molar-refractivity contribution in [3.8, 4) is 0 Å². The largest absolute Gasteiger partial charge is 0.0914 e. The van der Waals surface area contributed by atoms with E-state index in [4.69, 9.17) is 0 Å². The van der Waals surface area contributed by atoms with Gasteiger partial charge in [0.2, 0.25) is 0 Å². The van der Waals surface area contributed by atoms with Crippen LogP contribution in [0.15, 0.2) is 12.2 Å². The van der Waals surface area contributed by atoms with Gasteiger partial charge in [0.15, 0.2) is 0 Å². The van der Waals surface area contributed by atoms with Crippen LogP contribution in [-0.2, 0) is 0 Å². The Labute approximate surface area is 52.6 Å². The van der Waals surface area contributed by atoms with Crippen LogP contribution in [0, 0.1) is 5.92 Å². The van der Waals surface area contributed by atoms with E-state index in [2.05, 4.69) is 32.9 Å². The van der Waals surface area contributed by atoms with Crippen molar-refractivity contribution >= 4 is 0 Å². The van der Waals surface area contributed by atoms with Gasteiger partial charge in [-0.2, -0.15) is 0 Å². The zero-order valence-corrected chi connectivity index (χ0v) is 6.15. The summed E-state index contributed by atoms with van der Waals surface area (Å²) < 4.78 is 0. The van der Waals surface area contributed by atoms with Crippen LogP contribution < -0.4 is 0 Å². The summed E-state index contributed by atoms with van der Waals surface area (Å²) in [5, 5.41) is 0. The molecular weight excluding hydrogens is 96.1 g/mol. The molecule has 0 aliphatic carbocycles. The number of rotatable bonds is 3. The molecule has 0 fully saturated rings. The predicted octanol–water partition coefficient (Wildman–Crippen LogP) is 3.00. The fraction of sp³-hybridized carbons (Fsp3) is 0.750. The van der Waals surface area contributed by atoms with E-state index in [1.54, 1.807) is 0 Å². The molecule has 0 atom stereocenters. The third-order valence-corrected chi connectivity index (χ3v) is 1.51. The Kier molecular flexibility index (Phi) is 4.73. The molecule has 8 heavy (non-hydrogen) atoms. The molecule has 0 aliphatic rings. The van der Waals surface area contributed by atoms with E-state index in [-0.39, 0.29) is 0 Å². The van der Waals surface area contributed by atoms with Crippen LogP contribution in [0.25, 0.3) is 0 Å². The molecular formula is C8H16. The molecule has 48 valence electrons. The average Bonchev–Trinajstić information content (AvgIpc) is 1.83. The Morgan fingerprint density at radius 3 is 1.88 bits per heavy atom. The first-order chi connectivity index (χ1) is 3.85. The van der Waals surface area contributed by atoms with Crippen molar-refractivity contribution in [2.24, 2.45) is 5.92 Å². The molecule has 0 heteroatoms. The highest BCUT2D eigenvalue weighted by Gasteiger charge is 1.93. The predicted molar refractivity (Wildman–Crippen MR) is 38.9 cm³/mol. The summed E-state index contributed by atoms with van der Waals surface area (Å²) in [6, 6.07) is 0. The molecule has 0 aliphatic heterocycles. The second-order valence-corrected chi connectivity index (χ2v) is 2.10. The van der Waals surface area contributed by atoms with Crippen molar-refractivity contribution in [3.05, 3.63) is 12.2 Å². The maximum atomic E-state index is 2.28. The van der Waals surface area contributed by atoms with Crippen LogP contribution in [0.4, 0.5) is 0 Å². The lowest BCUT2D eigenvalue weighted by Crippen LogP contribution is -1.88. The summed E-state index contributed by atoms with van der Waals surface area (Å²) in [6.07, 6.45) is 6.97. The monoisotopic (exact) mass is 112 g/mol. The number of hydrogen-bond donors (Lipinski definition) is 0. The van der Waals surface area contributed by atoms with Gasteiger partial charge in [0.05, 0.1) is 0 Å². The molecule has 0 aromatic carbocycles. The zero-order chi connectivity index (χ0) is 6.41. The summed E-state index contributed by atoms with van der Waals surface area (Å²) in [4.78, 5) is 0. The van der Waals surface area contributed by atoms with E-state index in [0.29, 0.717) is 0 Å². The normalized spacial score (nSPS) is 11.5. The highest BCUT2D eigenvalue weighted by atomic mass is 14.0. The molecule has 0 nitrogen and oxygen atoms in total. The Balaban J connectivity index is 3.36. The van der Waals surface area contributed by atoms with E-state index in [1.165, 1.54) is 12.8 Å². The first-order valence-corrected chi connectivity index (χ1v) is 3.47. The average molecular weight is 112 g/mol. The maximum Gasteiger partial charge on any atom is -0.0239 e. The summed E-state index contributed by atoms with van der Waals surface area (Å²) in [5.74, 6) is 0.819. The fourth-order valence-corrected chi connectivity index (χ4v) is 0.833. The summed E-state index contributed by atoms with van der Waals surface area (Å²) >= 11 is 0. The Hall–Kier alpha value is -0.260. The van der Waals surface area contributed by atoms with Gasteiger partial charge in [0.25, 0.3) is 0 Å². The molecule has 0 saturated carbocycles. The smallest absolute Gasteiger partial charge is 0.0239 e. The van der Waals surface area contributed by atoms with Crippen molar-refractivity contribution in [1.82, 2.24) is 0 Å².